The van der Waals surface area contributed by atoms with Gasteiger partial charge in [-0.15, -0.1) is 0 Å². The number of nitrogens with zero attached hydrogens (tertiary/aromatic N) is 1. The summed E-state index contributed by atoms with van der Waals surface area (Å²) in [6, 6.07) is 21.7. The van der Waals surface area contributed by atoms with Crippen LogP contribution in [0.2, 0.25) is 10.0 Å². The third kappa shape index (κ3) is 3.72. The van der Waals surface area contributed by atoms with Crippen molar-refractivity contribution in [3.63, 3.8) is 0 Å². The Kier molecular flexibility index (Phi) is 5.62. The van der Waals surface area contributed by atoms with Gasteiger partial charge >= 0.3 is 0 Å². The van der Waals surface area contributed by atoms with E-state index in [0.717, 1.165) is 5.56 Å². The second-order valence-electron chi connectivity index (χ2n) is 6.94. The van der Waals surface area contributed by atoms with Gasteiger partial charge in [-0.3, -0.25) is 14.5 Å². The van der Waals surface area contributed by atoms with Gasteiger partial charge in [0, 0.05) is 15.7 Å². The summed E-state index contributed by atoms with van der Waals surface area (Å²) in [6.07, 6.45) is 0. The molecule has 0 radical (unpaired) electrons. The van der Waals surface area contributed by atoms with E-state index in [1.807, 2.05) is 55.5 Å². The first kappa shape index (κ1) is 20.2. The van der Waals surface area contributed by atoms with Gasteiger partial charge < -0.3 is 5.32 Å². The van der Waals surface area contributed by atoms with Crippen molar-refractivity contribution in [3.8, 4) is 0 Å². The van der Waals surface area contributed by atoms with Crippen molar-refractivity contribution in [1.29, 1.82) is 0 Å². The number of imide groups is 1. The van der Waals surface area contributed by atoms with Crippen LogP contribution in [-0.2, 0) is 16.1 Å². The molecule has 0 spiro atoms. The van der Waals surface area contributed by atoms with Gasteiger partial charge in [-0.1, -0.05) is 77.8 Å². The van der Waals surface area contributed by atoms with Gasteiger partial charge in [0.2, 0.25) is 0 Å². The molecule has 150 valence electrons. The number of carbonyl (C=O) groups excluding carboxylic acids is 2. The Balaban J connectivity index is 1.77. The van der Waals surface area contributed by atoms with Crippen LogP contribution in [0.1, 0.15) is 16.7 Å². The zero-order valence-corrected chi connectivity index (χ0v) is 17.7. The van der Waals surface area contributed by atoms with Crippen LogP contribution in [-0.4, -0.2) is 16.7 Å². The maximum atomic E-state index is 13.3. The molecule has 3 aromatic rings. The van der Waals surface area contributed by atoms with E-state index < -0.39 is 5.91 Å². The van der Waals surface area contributed by atoms with Crippen LogP contribution in [0.25, 0.3) is 5.57 Å². The molecule has 2 amide bonds. The summed E-state index contributed by atoms with van der Waals surface area (Å²) in [6.45, 7) is 1.95. The van der Waals surface area contributed by atoms with Crippen molar-refractivity contribution < 1.29 is 9.59 Å². The molecular formula is C24H18Cl2N2O2. The Morgan fingerprint density at radius 2 is 1.47 bits per heavy atom. The smallest absolute Gasteiger partial charge is 0.278 e. The van der Waals surface area contributed by atoms with E-state index in [-0.39, 0.29) is 18.1 Å². The molecule has 0 aliphatic carbocycles. The second-order valence-corrected chi connectivity index (χ2v) is 7.76. The Bertz CT molecular complexity index is 1170. The van der Waals surface area contributed by atoms with Crippen LogP contribution in [0.5, 0.6) is 0 Å². The van der Waals surface area contributed by atoms with Crippen molar-refractivity contribution in [3.05, 3.63) is 105 Å². The SMILES string of the molecule is Cc1c(Cl)cccc1NC1=C(c2ccccc2)C(=O)N(Cc2ccccc2Cl)C1=O. The summed E-state index contributed by atoms with van der Waals surface area (Å²) in [5.74, 6) is -0.772. The predicted octanol–water partition coefficient (Wildman–Crippen LogP) is 5.69. The topological polar surface area (TPSA) is 49.4 Å². The molecule has 0 bridgehead atoms. The first-order valence-electron chi connectivity index (χ1n) is 9.39. The lowest BCUT2D eigenvalue weighted by Gasteiger charge is -2.16. The highest BCUT2D eigenvalue weighted by atomic mass is 35.5. The van der Waals surface area contributed by atoms with Gasteiger partial charge in [-0.05, 0) is 41.8 Å². The number of carbonyl (C=O) groups is 2. The highest BCUT2D eigenvalue weighted by molar-refractivity contribution is 6.37. The molecule has 0 aromatic heterocycles. The molecule has 3 aromatic carbocycles. The number of halogens is 2. The van der Waals surface area contributed by atoms with Gasteiger partial charge in [0.05, 0.1) is 12.1 Å². The summed E-state index contributed by atoms with van der Waals surface area (Å²) in [7, 11) is 0. The lowest BCUT2D eigenvalue weighted by atomic mass is 10.0. The number of nitrogens with one attached hydrogen (secondary N) is 1. The summed E-state index contributed by atoms with van der Waals surface area (Å²) < 4.78 is 0. The molecule has 0 saturated heterocycles. The molecule has 1 aliphatic rings. The van der Waals surface area contributed by atoms with E-state index in [9.17, 15) is 9.59 Å². The average molecular weight is 437 g/mol. The molecule has 6 heteroatoms. The molecular weight excluding hydrogens is 419 g/mol. The van der Waals surface area contributed by atoms with Crippen molar-refractivity contribution >= 4 is 46.3 Å². The molecule has 0 fully saturated rings. The van der Waals surface area contributed by atoms with Gasteiger partial charge in [-0.25, -0.2) is 0 Å². The predicted molar refractivity (Wildman–Crippen MR) is 120 cm³/mol. The quantitative estimate of drug-likeness (QED) is 0.522. The molecule has 30 heavy (non-hydrogen) atoms. The highest BCUT2D eigenvalue weighted by Gasteiger charge is 2.39. The van der Waals surface area contributed by atoms with Crippen molar-refractivity contribution in [2.45, 2.75) is 13.5 Å². The Hall–Kier alpha value is -3.08. The normalized spacial score (nSPS) is 13.9. The maximum absolute atomic E-state index is 13.3. The minimum atomic E-state index is -0.404. The number of amides is 2. The number of anilines is 1. The largest absolute Gasteiger partial charge is 0.350 e. The van der Waals surface area contributed by atoms with E-state index in [1.54, 1.807) is 24.3 Å². The molecule has 4 nitrogen and oxygen atoms in total. The fraction of sp³-hybridized carbons (Fsp3) is 0.0833. The van der Waals surface area contributed by atoms with Gasteiger partial charge in [0.25, 0.3) is 11.8 Å². The molecule has 0 saturated carbocycles. The van der Waals surface area contributed by atoms with Crippen LogP contribution in [0.4, 0.5) is 5.69 Å². The van der Waals surface area contributed by atoms with Crippen LogP contribution in [0.3, 0.4) is 0 Å². The number of benzene rings is 3. The van der Waals surface area contributed by atoms with E-state index in [2.05, 4.69) is 5.32 Å². The lowest BCUT2D eigenvalue weighted by molar-refractivity contribution is -0.137. The first-order chi connectivity index (χ1) is 14.5. The maximum Gasteiger partial charge on any atom is 0.278 e. The first-order valence-corrected chi connectivity index (χ1v) is 10.1. The fourth-order valence-electron chi connectivity index (χ4n) is 3.38. The van der Waals surface area contributed by atoms with E-state index in [0.29, 0.717) is 32.4 Å². The monoisotopic (exact) mass is 436 g/mol. The highest BCUT2D eigenvalue weighted by Crippen LogP contribution is 2.33. The molecule has 4 rings (SSSR count). The standard InChI is InChI=1S/C24H18Cl2N2O2/c1-15-18(25)12-7-13-20(15)27-22-21(16-8-3-2-4-9-16)23(29)28(24(22)30)14-17-10-5-6-11-19(17)26/h2-13,27H,14H2,1H3. The summed E-state index contributed by atoms with van der Waals surface area (Å²) in [5, 5.41) is 4.24. The number of hydrogen-bond acceptors (Lipinski definition) is 3. The number of rotatable bonds is 5. The third-order valence-corrected chi connectivity index (χ3v) is 5.82. The number of hydrogen-bond donors (Lipinski definition) is 1. The third-order valence-electron chi connectivity index (χ3n) is 5.04. The van der Waals surface area contributed by atoms with E-state index in [1.165, 1.54) is 4.90 Å². The molecule has 1 heterocycles. The van der Waals surface area contributed by atoms with Crippen LogP contribution in [0.15, 0.2) is 78.5 Å². The molecule has 0 atom stereocenters. The van der Waals surface area contributed by atoms with E-state index >= 15 is 0 Å². The molecule has 0 unspecified atom stereocenters. The van der Waals surface area contributed by atoms with Crippen molar-refractivity contribution in [2.24, 2.45) is 0 Å². The molecule has 1 N–H and O–H groups in total. The summed E-state index contributed by atoms with van der Waals surface area (Å²) >= 11 is 12.5. The molecule has 1 aliphatic heterocycles. The lowest BCUT2D eigenvalue weighted by Crippen LogP contribution is -2.32. The van der Waals surface area contributed by atoms with Crippen LogP contribution in [0, 0.1) is 6.92 Å². The van der Waals surface area contributed by atoms with Crippen LogP contribution >= 0.6 is 23.2 Å². The zero-order valence-electron chi connectivity index (χ0n) is 16.2. The summed E-state index contributed by atoms with van der Waals surface area (Å²) in [4.78, 5) is 27.9. The Morgan fingerprint density at radius 1 is 0.800 bits per heavy atom. The zero-order chi connectivity index (χ0) is 21.3. The van der Waals surface area contributed by atoms with Crippen molar-refractivity contribution in [1.82, 2.24) is 4.90 Å². The van der Waals surface area contributed by atoms with Gasteiger partial charge in [0.15, 0.2) is 0 Å². The summed E-state index contributed by atoms with van der Waals surface area (Å²) in [5.41, 5.74) is 3.39. The van der Waals surface area contributed by atoms with Crippen LogP contribution < -0.4 is 5.32 Å². The fourth-order valence-corrected chi connectivity index (χ4v) is 3.75. The van der Waals surface area contributed by atoms with E-state index in [4.69, 9.17) is 23.2 Å². The van der Waals surface area contributed by atoms with Gasteiger partial charge in [0.1, 0.15) is 5.70 Å². The average Bonchev–Trinajstić information content (AvgIpc) is 2.98. The van der Waals surface area contributed by atoms with Crippen molar-refractivity contribution in [2.75, 3.05) is 5.32 Å². The minimum Gasteiger partial charge on any atom is -0.350 e. The Labute approximate surface area is 184 Å². The minimum absolute atomic E-state index is 0.0907. The van der Waals surface area contributed by atoms with Gasteiger partial charge in [-0.2, -0.15) is 0 Å². The Morgan fingerprint density at radius 3 is 2.20 bits per heavy atom. The second kappa shape index (κ2) is 8.34.